The fraction of sp³-hybridized carbons (Fsp3) is 0.154. The summed E-state index contributed by atoms with van der Waals surface area (Å²) in [4.78, 5) is 4.69. The standard InChI is InChI=1S/C13H11BrF2N2S/c1-8-6-7-17-12(11(8)14)18-9-4-2-3-5-10(9)19-13(15)16/h2-7,13H,1H3,(H,17,18). The molecular formula is C13H11BrF2N2S. The van der Waals surface area contributed by atoms with E-state index in [0.717, 1.165) is 10.0 Å². The zero-order chi connectivity index (χ0) is 13.8. The summed E-state index contributed by atoms with van der Waals surface area (Å²) in [5.74, 6) is -1.83. The molecule has 0 aliphatic heterocycles. The van der Waals surface area contributed by atoms with Gasteiger partial charge >= 0.3 is 0 Å². The number of nitrogens with one attached hydrogen (secondary N) is 1. The van der Waals surface area contributed by atoms with E-state index < -0.39 is 5.76 Å². The van der Waals surface area contributed by atoms with Crippen LogP contribution in [0.15, 0.2) is 45.9 Å². The molecule has 1 aromatic carbocycles. The van der Waals surface area contributed by atoms with Crippen molar-refractivity contribution < 1.29 is 8.78 Å². The Morgan fingerprint density at radius 3 is 2.74 bits per heavy atom. The maximum absolute atomic E-state index is 12.5. The van der Waals surface area contributed by atoms with Gasteiger partial charge in [0.2, 0.25) is 0 Å². The largest absolute Gasteiger partial charge is 0.338 e. The van der Waals surface area contributed by atoms with Gasteiger partial charge in [0, 0.05) is 11.1 Å². The number of thioether (sulfide) groups is 1. The fourth-order valence-corrected chi connectivity index (χ4v) is 2.45. The lowest BCUT2D eigenvalue weighted by molar-refractivity contribution is 0.252. The van der Waals surface area contributed by atoms with Crippen LogP contribution in [0.3, 0.4) is 0 Å². The summed E-state index contributed by atoms with van der Waals surface area (Å²) in [5.41, 5.74) is 1.64. The molecule has 0 aliphatic rings. The number of anilines is 2. The van der Waals surface area contributed by atoms with Gasteiger partial charge in [0.15, 0.2) is 0 Å². The minimum atomic E-state index is -2.45. The average molecular weight is 345 g/mol. The summed E-state index contributed by atoms with van der Waals surface area (Å²) in [6.07, 6.45) is 1.67. The molecule has 0 spiro atoms. The van der Waals surface area contributed by atoms with Crippen molar-refractivity contribution in [2.45, 2.75) is 17.6 Å². The summed E-state index contributed by atoms with van der Waals surface area (Å²) < 4.78 is 25.8. The maximum atomic E-state index is 12.5. The van der Waals surface area contributed by atoms with Crippen molar-refractivity contribution in [1.29, 1.82) is 0 Å². The van der Waals surface area contributed by atoms with E-state index in [2.05, 4.69) is 26.2 Å². The number of aromatic nitrogens is 1. The Morgan fingerprint density at radius 1 is 1.26 bits per heavy atom. The summed E-state index contributed by atoms with van der Waals surface area (Å²) in [6.45, 7) is 1.94. The van der Waals surface area contributed by atoms with Gasteiger partial charge in [-0.15, -0.1) is 0 Å². The summed E-state index contributed by atoms with van der Waals surface area (Å²) in [6, 6.07) is 8.80. The molecule has 0 fully saturated rings. The molecular weight excluding hydrogens is 334 g/mol. The van der Waals surface area contributed by atoms with Crippen molar-refractivity contribution in [3.8, 4) is 0 Å². The molecule has 2 nitrogen and oxygen atoms in total. The molecule has 100 valence electrons. The predicted octanol–water partition coefficient (Wildman–Crippen LogP) is 5.21. The number of hydrogen-bond donors (Lipinski definition) is 1. The molecule has 2 aromatic rings. The second kappa shape index (κ2) is 6.34. The van der Waals surface area contributed by atoms with Gasteiger partial charge in [0.05, 0.1) is 10.2 Å². The van der Waals surface area contributed by atoms with E-state index >= 15 is 0 Å². The van der Waals surface area contributed by atoms with Gasteiger partial charge in [0.1, 0.15) is 5.82 Å². The highest BCUT2D eigenvalue weighted by Crippen LogP contribution is 2.34. The Balaban J connectivity index is 2.30. The first kappa shape index (κ1) is 14.3. The number of halogens is 3. The van der Waals surface area contributed by atoms with Crippen LogP contribution in [-0.2, 0) is 0 Å². The monoisotopic (exact) mass is 344 g/mol. The van der Waals surface area contributed by atoms with Crippen LogP contribution in [0, 0.1) is 6.92 Å². The topological polar surface area (TPSA) is 24.9 Å². The Morgan fingerprint density at radius 2 is 2.00 bits per heavy atom. The zero-order valence-electron chi connectivity index (χ0n) is 10.0. The number of aryl methyl sites for hydroxylation is 1. The summed E-state index contributed by atoms with van der Waals surface area (Å²) >= 11 is 3.95. The van der Waals surface area contributed by atoms with Gasteiger partial charge in [-0.3, -0.25) is 0 Å². The third-order valence-electron chi connectivity index (χ3n) is 2.44. The average Bonchev–Trinajstić information content (AvgIpc) is 2.36. The first-order valence-corrected chi connectivity index (χ1v) is 7.17. The summed E-state index contributed by atoms with van der Waals surface area (Å²) in [5, 5.41) is 3.07. The van der Waals surface area contributed by atoms with E-state index in [1.807, 2.05) is 13.0 Å². The molecule has 1 N–H and O–H groups in total. The molecule has 19 heavy (non-hydrogen) atoms. The first-order valence-electron chi connectivity index (χ1n) is 5.50. The van der Waals surface area contributed by atoms with Gasteiger partial charge in [0.25, 0.3) is 5.76 Å². The Kier molecular flexibility index (Phi) is 4.76. The van der Waals surface area contributed by atoms with Crippen molar-refractivity contribution in [1.82, 2.24) is 4.98 Å². The second-order valence-electron chi connectivity index (χ2n) is 3.79. The predicted molar refractivity (Wildman–Crippen MR) is 78.3 cm³/mol. The zero-order valence-corrected chi connectivity index (χ0v) is 12.4. The molecule has 0 aliphatic carbocycles. The van der Waals surface area contributed by atoms with Crippen LogP contribution < -0.4 is 5.32 Å². The highest BCUT2D eigenvalue weighted by molar-refractivity contribution is 9.10. The van der Waals surface area contributed by atoms with Gasteiger partial charge in [-0.2, -0.15) is 8.78 Å². The second-order valence-corrected chi connectivity index (χ2v) is 5.61. The minimum absolute atomic E-state index is 0.493. The first-order chi connectivity index (χ1) is 9.08. The molecule has 0 atom stereocenters. The molecule has 0 saturated heterocycles. The third-order valence-corrected chi connectivity index (χ3v) is 4.23. The van der Waals surface area contributed by atoms with E-state index in [0.29, 0.717) is 28.2 Å². The quantitative estimate of drug-likeness (QED) is 0.770. The third kappa shape index (κ3) is 3.67. The van der Waals surface area contributed by atoms with E-state index in [1.54, 1.807) is 30.5 Å². The Bertz CT molecular complexity index is 578. The lowest BCUT2D eigenvalue weighted by atomic mass is 10.3. The van der Waals surface area contributed by atoms with Crippen LogP contribution in [0.1, 0.15) is 5.56 Å². The highest BCUT2D eigenvalue weighted by atomic mass is 79.9. The van der Waals surface area contributed by atoms with Gasteiger partial charge in [-0.05, 0) is 46.6 Å². The van der Waals surface area contributed by atoms with Gasteiger partial charge in [-0.1, -0.05) is 23.9 Å². The van der Waals surface area contributed by atoms with Crippen LogP contribution in [0.2, 0.25) is 0 Å². The molecule has 1 aromatic heterocycles. The van der Waals surface area contributed by atoms with E-state index in [4.69, 9.17) is 0 Å². The highest BCUT2D eigenvalue weighted by Gasteiger charge is 2.11. The van der Waals surface area contributed by atoms with Crippen molar-refractivity contribution in [2.24, 2.45) is 0 Å². The van der Waals surface area contributed by atoms with E-state index in [1.165, 1.54) is 0 Å². The lowest BCUT2D eigenvalue weighted by Crippen LogP contribution is -1.97. The van der Waals surface area contributed by atoms with Crippen LogP contribution in [0.25, 0.3) is 0 Å². The molecule has 0 radical (unpaired) electrons. The maximum Gasteiger partial charge on any atom is 0.288 e. The van der Waals surface area contributed by atoms with Gasteiger partial charge < -0.3 is 5.32 Å². The number of pyridine rings is 1. The molecule has 1 heterocycles. The van der Waals surface area contributed by atoms with Crippen molar-refractivity contribution in [2.75, 3.05) is 5.32 Å². The van der Waals surface area contributed by atoms with Crippen molar-refractivity contribution in [3.63, 3.8) is 0 Å². The number of rotatable bonds is 4. The molecule has 2 rings (SSSR count). The van der Waals surface area contributed by atoms with E-state index in [9.17, 15) is 8.78 Å². The summed E-state index contributed by atoms with van der Waals surface area (Å²) in [7, 11) is 0. The Labute approximate surface area is 122 Å². The molecule has 0 saturated carbocycles. The number of nitrogens with zero attached hydrogens (tertiary/aromatic N) is 1. The van der Waals surface area contributed by atoms with E-state index in [-0.39, 0.29) is 0 Å². The van der Waals surface area contributed by atoms with Crippen LogP contribution in [0.5, 0.6) is 0 Å². The fourth-order valence-electron chi connectivity index (χ4n) is 1.52. The van der Waals surface area contributed by atoms with Crippen LogP contribution >= 0.6 is 27.7 Å². The number of benzene rings is 1. The van der Waals surface area contributed by atoms with Crippen LogP contribution in [0.4, 0.5) is 20.3 Å². The minimum Gasteiger partial charge on any atom is -0.338 e. The lowest BCUT2D eigenvalue weighted by Gasteiger charge is -2.12. The van der Waals surface area contributed by atoms with Crippen LogP contribution in [-0.4, -0.2) is 10.7 Å². The SMILES string of the molecule is Cc1ccnc(Nc2ccccc2SC(F)F)c1Br. The Hall–Kier alpha value is -1.14. The molecule has 0 bridgehead atoms. The molecule has 0 unspecified atom stereocenters. The number of alkyl halides is 2. The smallest absolute Gasteiger partial charge is 0.288 e. The normalized spacial score (nSPS) is 10.8. The molecule has 6 heteroatoms. The van der Waals surface area contributed by atoms with Crippen molar-refractivity contribution >= 4 is 39.2 Å². The number of para-hydroxylation sites is 1. The van der Waals surface area contributed by atoms with Crippen molar-refractivity contribution in [3.05, 3.63) is 46.6 Å². The van der Waals surface area contributed by atoms with Gasteiger partial charge in [-0.25, -0.2) is 4.98 Å². The molecule has 0 amide bonds. The number of hydrogen-bond acceptors (Lipinski definition) is 3.